The lowest BCUT2D eigenvalue weighted by molar-refractivity contribution is -0.194. The van der Waals surface area contributed by atoms with Crippen LogP contribution < -0.4 is 5.48 Å². The van der Waals surface area contributed by atoms with Gasteiger partial charge in [0.15, 0.2) is 6.29 Å². The Hall–Kier alpha value is -1.92. The fraction of sp³-hybridized carbons (Fsp3) is 0.529. The fourth-order valence-corrected chi connectivity index (χ4v) is 2.30. The predicted molar refractivity (Wildman–Crippen MR) is 83.4 cm³/mol. The van der Waals surface area contributed by atoms with Gasteiger partial charge in [0.05, 0.1) is 12.5 Å². The molecular weight excluding hydrogens is 298 g/mol. The van der Waals surface area contributed by atoms with Gasteiger partial charge in [0.2, 0.25) is 0 Å². The summed E-state index contributed by atoms with van der Waals surface area (Å²) < 4.78 is 11.3. The first-order valence-corrected chi connectivity index (χ1v) is 8.01. The predicted octanol–water partition coefficient (Wildman–Crippen LogP) is 2.59. The molecule has 1 fully saturated rings. The van der Waals surface area contributed by atoms with E-state index in [-0.39, 0.29) is 18.8 Å². The van der Waals surface area contributed by atoms with Crippen LogP contribution in [0.25, 0.3) is 0 Å². The molecule has 0 spiro atoms. The second-order valence-corrected chi connectivity index (χ2v) is 5.44. The van der Waals surface area contributed by atoms with Gasteiger partial charge in [-0.2, -0.15) is 5.48 Å². The molecule has 0 bridgehead atoms. The summed E-state index contributed by atoms with van der Waals surface area (Å²) in [7, 11) is 0. The Labute approximate surface area is 136 Å². The van der Waals surface area contributed by atoms with Crippen LogP contribution in [0.5, 0.6) is 0 Å². The van der Waals surface area contributed by atoms with Gasteiger partial charge in [-0.15, -0.1) is 0 Å². The van der Waals surface area contributed by atoms with E-state index in [1.165, 1.54) is 0 Å². The van der Waals surface area contributed by atoms with Crippen molar-refractivity contribution in [3.8, 4) is 0 Å². The molecule has 0 saturated carbocycles. The Balaban J connectivity index is 1.72. The molecule has 0 aliphatic carbocycles. The summed E-state index contributed by atoms with van der Waals surface area (Å²) in [5.41, 5.74) is 2.59. The Morgan fingerprint density at radius 2 is 2.09 bits per heavy atom. The standard InChI is InChI=1S/C17H23NO5/c1-2-14(22-16-10-6-7-11-21-16)12-15(19)23-18-17(20)13-8-4-3-5-9-13/h3-5,8-9,14,16H,2,6-7,10-12H2,1H3,(H,18,20)/t14-,16?/m1/s1. The van der Waals surface area contributed by atoms with Crippen LogP contribution in [0.15, 0.2) is 30.3 Å². The molecule has 2 atom stereocenters. The molecule has 1 unspecified atom stereocenters. The summed E-state index contributed by atoms with van der Waals surface area (Å²) in [6.07, 6.45) is 3.17. The van der Waals surface area contributed by atoms with E-state index in [2.05, 4.69) is 5.48 Å². The summed E-state index contributed by atoms with van der Waals surface area (Å²) >= 11 is 0. The Morgan fingerprint density at radius 1 is 1.30 bits per heavy atom. The van der Waals surface area contributed by atoms with Crippen LogP contribution in [0, 0.1) is 0 Å². The van der Waals surface area contributed by atoms with E-state index in [9.17, 15) is 9.59 Å². The molecule has 1 amide bonds. The van der Waals surface area contributed by atoms with Gasteiger partial charge in [-0.25, -0.2) is 4.79 Å². The molecule has 1 saturated heterocycles. The van der Waals surface area contributed by atoms with Crippen LogP contribution in [-0.4, -0.2) is 30.9 Å². The summed E-state index contributed by atoms with van der Waals surface area (Å²) in [4.78, 5) is 28.4. The highest BCUT2D eigenvalue weighted by Gasteiger charge is 2.22. The molecule has 23 heavy (non-hydrogen) atoms. The zero-order valence-corrected chi connectivity index (χ0v) is 13.3. The molecule has 1 aromatic carbocycles. The van der Waals surface area contributed by atoms with Crippen LogP contribution in [0.2, 0.25) is 0 Å². The fourth-order valence-electron chi connectivity index (χ4n) is 2.30. The van der Waals surface area contributed by atoms with Crippen molar-refractivity contribution in [1.29, 1.82) is 0 Å². The lowest BCUT2D eigenvalue weighted by Crippen LogP contribution is -2.32. The number of carbonyl (C=O) groups excluding carboxylic acids is 2. The van der Waals surface area contributed by atoms with Crippen molar-refractivity contribution >= 4 is 11.9 Å². The highest BCUT2D eigenvalue weighted by molar-refractivity contribution is 5.94. The Morgan fingerprint density at radius 3 is 2.74 bits per heavy atom. The SMILES string of the molecule is CC[C@H](CC(=O)ONC(=O)c1ccccc1)OC1CCCCO1. The van der Waals surface area contributed by atoms with Crippen LogP contribution in [0.1, 0.15) is 49.4 Å². The third-order valence-corrected chi connectivity index (χ3v) is 3.63. The van der Waals surface area contributed by atoms with E-state index in [1.54, 1.807) is 30.3 Å². The first-order valence-electron chi connectivity index (χ1n) is 8.01. The minimum atomic E-state index is -0.531. The van der Waals surface area contributed by atoms with E-state index >= 15 is 0 Å². The van der Waals surface area contributed by atoms with Crippen LogP contribution in [-0.2, 0) is 19.1 Å². The lowest BCUT2D eigenvalue weighted by atomic mass is 10.2. The number of amides is 1. The Bertz CT molecular complexity index is 499. The molecule has 1 aliphatic heterocycles. The number of ether oxygens (including phenoxy) is 2. The van der Waals surface area contributed by atoms with Crippen molar-refractivity contribution in [2.45, 2.75) is 51.4 Å². The normalized spacial score (nSPS) is 18.9. The van der Waals surface area contributed by atoms with Crippen molar-refractivity contribution in [2.75, 3.05) is 6.61 Å². The first-order chi connectivity index (χ1) is 11.2. The Kier molecular flexibility index (Phi) is 7.03. The topological polar surface area (TPSA) is 73.9 Å². The maximum Gasteiger partial charge on any atom is 0.334 e. The second kappa shape index (κ2) is 9.27. The van der Waals surface area contributed by atoms with Crippen LogP contribution in [0.4, 0.5) is 0 Å². The molecule has 1 heterocycles. The van der Waals surface area contributed by atoms with Gasteiger partial charge in [-0.1, -0.05) is 25.1 Å². The third kappa shape index (κ3) is 6.00. The monoisotopic (exact) mass is 321 g/mol. The zero-order chi connectivity index (χ0) is 16.5. The quantitative estimate of drug-likeness (QED) is 0.815. The molecule has 6 nitrogen and oxygen atoms in total. The molecule has 0 radical (unpaired) electrons. The van der Waals surface area contributed by atoms with Crippen molar-refractivity contribution in [3.63, 3.8) is 0 Å². The smallest absolute Gasteiger partial charge is 0.334 e. The lowest BCUT2D eigenvalue weighted by Gasteiger charge is -2.26. The van der Waals surface area contributed by atoms with Gasteiger partial charge in [0.25, 0.3) is 5.91 Å². The number of rotatable bonds is 6. The van der Waals surface area contributed by atoms with Gasteiger partial charge in [0, 0.05) is 12.2 Å². The van der Waals surface area contributed by atoms with Gasteiger partial charge >= 0.3 is 5.97 Å². The molecule has 0 aromatic heterocycles. The van der Waals surface area contributed by atoms with Crippen molar-refractivity contribution in [1.82, 2.24) is 5.48 Å². The highest BCUT2D eigenvalue weighted by atomic mass is 16.7. The van der Waals surface area contributed by atoms with E-state index in [4.69, 9.17) is 14.3 Å². The summed E-state index contributed by atoms with van der Waals surface area (Å²) in [6, 6.07) is 8.56. The minimum Gasteiger partial charge on any atom is -0.353 e. The van der Waals surface area contributed by atoms with E-state index in [0.29, 0.717) is 18.6 Å². The van der Waals surface area contributed by atoms with Gasteiger partial charge in [0.1, 0.15) is 0 Å². The van der Waals surface area contributed by atoms with Gasteiger partial charge in [-0.3, -0.25) is 4.79 Å². The molecular formula is C17H23NO5. The van der Waals surface area contributed by atoms with Gasteiger partial charge in [-0.05, 0) is 37.8 Å². The van der Waals surface area contributed by atoms with Crippen LogP contribution >= 0.6 is 0 Å². The zero-order valence-electron chi connectivity index (χ0n) is 13.3. The highest BCUT2D eigenvalue weighted by Crippen LogP contribution is 2.18. The number of hydrogen-bond donors (Lipinski definition) is 1. The molecule has 126 valence electrons. The number of carbonyl (C=O) groups is 2. The molecule has 1 N–H and O–H groups in total. The van der Waals surface area contributed by atoms with Crippen molar-refractivity contribution in [2.24, 2.45) is 0 Å². The van der Waals surface area contributed by atoms with Gasteiger partial charge < -0.3 is 14.3 Å². The number of hydroxylamine groups is 1. The van der Waals surface area contributed by atoms with Crippen molar-refractivity contribution < 1.29 is 23.9 Å². The third-order valence-electron chi connectivity index (χ3n) is 3.63. The van der Waals surface area contributed by atoms with E-state index in [1.807, 2.05) is 6.92 Å². The van der Waals surface area contributed by atoms with Crippen LogP contribution in [0.3, 0.4) is 0 Å². The summed E-state index contributed by atoms with van der Waals surface area (Å²) in [5, 5.41) is 0. The summed E-state index contributed by atoms with van der Waals surface area (Å²) in [6.45, 7) is 2.63. The maximum atomic E-state index is 11.8. The largest absolute Gasteiger partial charge is 0.353 e. The van der Waals surface area contributed by atoms with Crippen molar-refractivity contribution in [3.05, 3.63) is 35.9 Å². The molecule has 1 aromatic rings. The second-order valence-electron chi connectivity index (χ2n) is 5.44. The van der Waals surface area contributed by atoms with E-state index < -0.39 is 11.9 Å². The molecule has 2 rings (SSSR count). The average Bonchev–Trinajstić information content (AvgIpc) is 2.60. The minimum absolute atomic E-state index is 0.0748. The number of nitrogens with one attached hydrogen (secondary N) is 1. The number of hydrogen-bond acceptors (Lipinski definition) is 5. The average molecular weight is 321 g/mol. The number of benzene rings is 1. The van der Waals surface area contributed by atoms with E-state index in [0.717, 1.165) is 19.3 Å². The summed E-state index contributed by atoms with van der Waals surface area (Å²) in [5.74, 6) is -0.986. The molecule has 1 aliphatic rings. The maximum absolute atomic E-state index is 11.8. The first kappa shape index (κ1) is 17.4. The molecule has 6 heteroatoms.